The lowest BCUT2D eigenvalue weighted by Gasteiger charge is -2.08. The first-order chi connectivity index (χ1) is 6.24. The fraction of sp³-hybridized carbons (Fsp3) is 0.300. The summed E-state index contributed by atoms with van der Waals surface area (Å²) < 4.78 is 0. The molecule has 70 valence electrons. The molecule has 1 aromatic rings. The second-order valence-electron chi connectivity index (χ2n) is 3.13. The second-order valence-corrected chi connectivity index (χ2v) is 3.13. The molecule has 0 aliphatic rings. The number of hydrogen-bond donors (Lipinski definition) is 2. The summed E-state index contributed by atoms with van der Waals surface area (Å²) in [5, 5.41) is 0. The van der Waals surface area contributed by atoms with Gasteiger partial charge in [0, 0.05) is 5.92 Å². The Hall–Kier alpha value is -1.35. The number of rotatable bonds is 2. The summed E-state index contributed by atoms with van der Waals surface area (Å²) in [4.78, 5) is 4.36. The zero-order valence-electron chi connectivity index (χ0n) is 7.99. The Morgan fingerprint density at radius 2 is 1.92 bits per heavy atom. The standard InChI is InChI=1S/C10H15N3/c1-8(2)10(13-11)12-9-6-4-3-5-7-9/h3-8H,11H2,1-2H3,(H,12,13). The fourth-order valence-electron chi connectivity index (χ4n) is 0.970. The van der Waals surface area contributed by atoms with Crippen molar-refractivity contribution in [1.29, 1.82) is 0 Å². The fourth-order valence-corrected chi connectivity index (χ4v) is 0.970. The summed E-state index contributed by atoms with van der Waals surface area (Å²) in [7, 11) is 0. The van der Waals surface area contributed by atoms with Gasteiger partial charge >= 0.3 is 0 Å². The Kier molecular flexibility index (Phi) is 3.46. The normalized spacial score (nSPS) is 11.8. The molecule has 0 atom stereocenters. The van der Waals surface area contributed by atoms with Crippen LogP contribution >= 0.6 is 0 Å². The van der Waals surface area contributed by atoms with Crippen LogP contribution in [0.3, 0.4) is 0 Å². The van der Waals surface area contributed by atoms with Gasteiger partial charge in [0.1, 0.15) is 5.84 Å². The van der Waals surface area contributed by atoms with E-state index in [4.69, 9.17) is 5.84 Å². The molecule has 0 saturated heterocycles. The van der Waals surface area contributed by atoms with E-state index in [1.165, 1.54) is 0 Å². The van der Waals surface area contributed by atoms with E-state index >= 15 is 0 Å². The van der Waals surface area contributed by atoms with Crippen molar-refractivity contribution in [2.45, 2.75) is 13.8 Å². The Labute approximate surface area is 78.6 Å². The van der Waals surface area contributed by atoms with Crippen molar-refractivity contribution in [3.05, 3.63) is 30.3 Å². The van der Waals surface area contributed by atoms with Crippen LogP contribution in [0.25, 0.3) is 0 Å². The van der Waals surface area contributed by atoms with Crippen LogP contribution in [0.5, 0.6) is 0 Å². The molecule has 0 saturated carbocycles. The van der Waals surface area contributed by atoms with Crippen molar-refractivity contribution in [1.82, 2.24) is 5.43 Å². The van der Waals surface area contributed by atoms with E-state index in [2.05, 4.69) is 10.4 Å². The van der Waals surface area contributed by atoms with E-state index in [9.17, 15) is 0 Å². The van der Waals surface area contributed by atoms with Crippen LogP contribution in [0.4, 0.5) is 5.69 Å². The molecule has 3 heteroatoms. The summed E-state index contributed by atoms with van der Waals surface area (Å²) in [6, 6.07) is 9.75. The second kappa shape index (κ2) is 4.62. The first kappa shape index (κ1) is 9.74. The van der Waals surface area contributed by atoms with Crippen LogP contribution in [0.2, 0.25) is 0 Å². The third kappa shape index (κ3) is 2.87. The van der Waals surface area contributed by atoms with E-state index in [0.717, 1.165) is 11.5 Å². The third-order valence-electron chi connectivity index (χ3n) is 1.70. The maximum absolute atomic E-state index is 5.34. The Bertz CT molecular complexity index is 277. The first-order valence-corrected chi connectivity index (χ1v) is 4.34. The molecule has 0 fully saturated rings. The predicted octanol–water partition coefficient (Wildman–Crippen LogP) is 1.84. The number of para-hydroxylation sites is 1. The van der Waals surface area contributed by atoms with E-state index in [0.29, 0.717) is 5.92 Å². The first-order valence-electron chi connectivity index (χ1n) is 4.34. The quantitative estimate of drug-likeness (QED) is 0.313. The number of nitrogens with two attached hydrogens (primary N) is 1. The highest BCUT2D eigenvalue weighted by Gasteiger charge is 2.01. The van der Waals surface area contributed by atoms with Gasteiger partial charge in [0.05, 0.1) is 5.69 Å². The molecule has 0 bridgehead atoms. The number of nitrogens with one attached hydrogen (secondary N) is 1. The number of benzene rings is 1. The summed E-state index contributed by atoms with van der Waals surface area (Å²) in [5.74, 6) is 6.45. The lowest BCUT2D eigenvalue weighted by atomic mass is 10.2. The molecule has 1 aromatic carbocycles. The number of amidine groups is 1. The molecular weight excluding hydrogens is 162 g/mol. The van der Waals surface area contributed by atoms with Gasteiger partial charge in [0.2, 0.25) is 0 Å². The van der Waals surface area contributed by atoms with Crippen molar-refractivity contribution in [2.75, 3.05) is 0 Å². The Morgan fingerprint density at radius 1 is 1.31 bits per heavy atom. The van der Waals surface area contributed by atoms with E-state index in [1.807, 2.05) is 44.2 Å². The molecule has 0 aliphatic carbocycles. The molecule has 0 spiro atoms. The van der Waals surface area contributed by atoms with Crippen LogP contribution < -0.4 is 11.3 Å². The maximum Gasteiger partial charge on any atom is 0.119 e. The van der Waals surface area contributed by atoms with E-state index in [-0.39, 0.29) is 0 Å². The molecule has 0 amide bonds. The van der Waals surface area contributed by atoms with Crippen LogP contribution in [0.15, 0.2) is 35.3 Å². The van der Waals surface area contributed by atoms with Gasteiger partial charge in [-0.15, -0.1) is 0 Å². The van der Waals surface area contributed by atoms with Crippen LogP contribution in [-0.4, -0.2) is 5.84 Å². The topological polar surface area (TPSA) is 50.4 Å². The van der Waals surface area contributed by atoms with Crippen molar-refractivity contribution in [3.63, 3.8) is 0 Å². The SMILES string of the molecule is CC(C)C(=Nc1ccccc1)NN. The van der Waals surface area contributed by atoms with E-state index < -0.39 is 0 Å². The molecule has 0 aliphatic heterocycles. The number of nitrogens with zero attached hydrogens (tertiary/aromatic N) is 1. The molecule has 3 nitrogen and oxygen atoms in total. The van der Waals surface area contributed by atoms with Crippen molar-refractivity contribution in [2.24, 2.45) is 16.8 Å². The molecule has 0 radical (unpaired) electrons. The average molecular weight is 177 g/mol. The lowest BCUT2D eigenvalue weighted by molar-refractivity contribution is 0.814. The van der Waals surface area contributed by atoms with Gasteiger partial charge in [-0.2, -0.15) is 0 Å². The van der Waals surface area contributed by atoms with Gasteiger partial charge in [-0.05, 0) is 12.1 Å². The number of hydrazine groups is 1. The van der Waals surface area contributed by atoms with Crippen molar-refractivity contribution >= 4 is 11.5 Å². The van der Waals surface area contributed by atoms with Crippen LogP contribution in [0.1, 0.15) is 13.8 Å². The Morgan fingerprint density at radius 3 is 2.38 bits per heavy atom. The smallest absolute Gasteiger partial charge is 0.119 e. The summed E-state index contributed by atoms with van der Waals surface area (Å²) in [6.45, 7) is 4.09. The monoisotopic (exact) mass is 177 g/mol. The predicted molar refractivity (Wildman–Crippen MR) is 55.7 cm³/mol. The van der Waals surface area contributed by atoms with Gasteiger partial charge in [0.15, 0.2) is 0 Å². The largest absolute Gasteiger partial charge is 0.312 e. The van der Waals surface area contributed by atoms with Gasteiger partial charge in [-0.1, -0.05) is 32.0 Å². The van der Waals surface area contributed by atoms with Crippen molar-refractivity contribution in [3.8, 4) is 0 Å². The summed E-state index contributed by atoms with van der Waals surface area (Å²) in [6.07, 6.45) is 0. The zero-order valence-corrected chi connectivity index (χ0v) is 7.99. The highest BCUT2D eigenvalue weighted by molar-refractivity contribution is 5.85. The lowest BCUT2D eigenvalue weighted by Crippen LogP contribution is -2.33. The van der Waals surface area contributed by atoms with Gasteiger partial charge in [-0.25, -0.2) is 10.8 Å². The molecule has 0 unspecified atom stereocenters. The highest BCUT2D eigenvalue weighted by Crippen LogP contribution is 2.11. The number of hydrogen-bond acceptors (Lipinski definition) is 2. The molecule has 0 heterocycles. The minimum atomic E-state index is 0.310. The minimum absolute atomic E-state index is 0.310. The zero-order chi connectivity index (χ0) is 9.68. The number of aliphatic imine (C=N–C) groups is 1. The molecular formula is C10H15N3. The maximum atomic E-state index is 5.34. The summed E-state index contributed by atoms with van der Waals surface area (Å²) in [5.41, 5.74) is 3.52. The van der Waals surface area contributed by atoms with Gasteiger partial charge in [0.25, 0.3) is 0 Å². The summed E-state index contributed by atoms with van der Waals surface area (Å²) >= 11 is 0. The molecule has 1 rings (SSSR count). The minimum Gasteiger partial charge on any atom is -0.312 e. The average Bonchev–Trinajstić information content (AvgIpc) is 2.15. The van der Waals surface area contributed by atoms with Gasteiger partial charge in [-0.3, -0.25) is 0 Å². The molecule has 3 N–H and O–H groups in total. The highest BCUT2D eigenvalue weighted by atomic mass is 15.3. The van der Waals surface area contributed by atoms with Crippen molar-refractivity contribution < 1.29 is 0 Å². The molecule has 0 aromatic heterocycles. The van der Waals surface area contributed by atoms with E-state index in [1.54, 1.807) is 0 Å². The third-order valence-corrected chi connectivity index (χ3v) is 1.70. The van der Waals surface area contributed by atoms with Crippen LogP contribution in [0, 0.1) is 5.92 Å². The Balaban J connectivity index is 2.85. The van der Waals surface area contributed by atoms with Crippen LogP contribution in [-0.2, 0) is 0 Å². The molecule has 13 heavy (non-hydrogen) atoms. The van der Waals surface area contributed by atoms with Gasteiger partial charge < -0.3 is 5.43 Å².